The third-order valence-electron chi connectivity index (χ3n) is 4.83. The van der Waals surface area contributed by atoms with Crippen molar-refractivity contribution < 1.29 is 0 Å². The predicted molar refractivity (Wildman–Crippen MR) is 110 cm³/mol. The summed E-state index contributed by atoms with van der Waals surface area (Å²) >= 11 is 0. The Balaban J connectivity index is 1.88. The van der Waals surface area contributed by atoms with Crippen LogP contribution in [0.4, 0.5) is 0 Å². The minimum Gasteiger partial charge on any atom is -0.248 e. The van der Waals surface area contributed by atoms with E-state index in [4.69, 9.17) is 4.98 Å². The summed E-state index contributed by atoms with van der Waals surface area (Å²) in [7, 11) is 0. The molecule has 0 saturated carbocycles. The first kappa shape index (κ1) is 14.9. The van der Waals surface area contributed by atoms with Gasteiger partial charge in [0.2, 0.25) is 0 Å². The third kappa shape index (κ3) is 2.55. The Labute approximate surface area is 152 Å². The Kier molecular flexibility index (Phi) is 3.50. The summed E-state index contributed by atoms with van der Waals surface area (Å²) in [5.74, 6) is 0. The van der Waals surface area contributed by atoms with Gasteiger partial charge in [-0.15, -0.1) is 0 Å². The van der Waals surface area contributed by atoms with Crippen LogP contribution in [0.3, 0.4) is 0 Å². The topological polar surface area (TPSA) is 12.9 Å². The quantitative estimate of drug-likeness (QED) is 0.327. The van der Waals surface area contributed by atoms with Crippen LogP contribution in [0.5, 0.6) is 0 Å². The average Bonchev–Trinajstić information content (AvgIpc) is 2.73. The van der Waals surface area contributed by atoms with Crippen molar-refractivity contribution in [2.24, 2.45) is 0 Å². The van der Waals surface area contributed by atoms with E-state index in [0.717, 1.165) is 16.8 Å². The molecule has 0 N–H and O–H groups in total. The van der Waals surface area contributed by atoms with Crippen LogP contribution in [0, 0.1) is 0 Å². The summed E-state index contributed by atoms with van der Waals surface area (Å²) in [4.78, 5) is 4.98. The molecule has 0 saturated heterocycles. The van der Waals surface area contributed by atoms with Gasteiger partial charge in [-0.3, -0.25) is 0 Å². The zero-order chi connectivity index (χ0) is 17.3. The van der Waals surface area contributed by atoms with E-state index < -0.39 is 0 Å². The maximum Gasteiger partial charge on any atom is 0.0722 e. The summed E-state index contributed by atoms with van der Waals surface area (Å²) in [6.07, 6.45) is 0. The van der Waals surface area contributed by atoms with Gasteiger partial charge in [-0.25, -0.2) is 4.98 Å². The Bertz CT molecular complexity index is 1210. The van der Waals surface area contributed by atoms with Crippen molar-refractivity contribution >= 4 is 21.7 Å². The highest BCUT2D eigenvalue weighted by Crippen LogP contribution is 2.34. The van der Waals surface area contributed by atoms with Crippen molar-refractivity contribution in [3.63, 3.8) is 0 Å². The molecule has 122 valence electrons. The fourth-order valence-corrected chi connectivity index (χ4v) is 3.53. The van der Waals surface area contributed by atoms with Crippen molar-refractivity contribution in [2.75, 3.05) is 0 Å². The van der Waals surface area contributed by atoms with E-state index in [1.165, 1.54) is 27.3 Å². The molecule has 0 aliphatic rings. The molecule has 4 aromatic carbocycles. The number of pyridine rings is 1. The highest BCUT2D eigenvalue weighted by atomic mass is 14.7. The minimum atomic E-state index is 1.01. The molecule has 1 aromatic heterocycles. The van der Waals surface area contributed by atoms with Crippen LogP contribution >= 0.6 is 0 Å². The van der Waals surface area contributed by atoms with Gasteiger partial charge in [0.25, 0.3) is 0 Å². The smallest absolute Gasteiger partial charge is 0.0722 e. The maximum absolute atomic E-state index is 4.98. The normalized spacial score (nSPS) is 11.1. The number of fused-ring (bicyclic) bond motifs is 2. The molecule has 5 rings (SSSR count). The van der Waals surface area contributed by atoms with Crippen molar-refractivity contribution in [3.8, 4) is 22.4 Å². The Hall–Kier alpha value is -3.45. The monoisotopic (exact) mass is 331 g/mol. The second kappa shape index (κ2) is 6.12. The molecule has 0 fully saturated rings. The molecule has 26 heavy (non-hydrogen) atoms. The molecule has 0 aliphatic heterocycles. The Morgan fingerprint density at radius 2 is 1.08 bits per heavy atom. The molecular formula is C25H17N. The van der Waals surface area contributed by atoms with Crippen molar-refractivity contribution in [1.29, 1.82) is 0 Å². The zero-order valence-electron chi connectivity index (χ0n) is 14.3. The molecule has 0 radical (unpaired) electrons. The first-order valence-corrected chi connectivity index (χ1v) is 8.83. The van der Waals surface area contributed by atoms with Crippen LogP contribution in [0.2, 0.25) is 0 Å². The van der Waals surface area contributed by atoms with Crippen molar-refractivity contribution in [2.45, 2.75) is 0 Å². The van der Waals surface area contributed by atoms with Gasteiger partial charge in [-0.2, -0.15) is 0 Å². The molecule has 0 aliphatic carbocycles. The molecule has 1 heterocycles. The fraction of sp³-hybridized carbons (Fsp3) is 0. The number of hydrogen-bond acceptors (Lipinski definition) is 1. The first-order chi connectivity index (χ1) is 12.9. The largest absolute Gasteiger partial charge is 0.248 e. The molecule has 0 atom stereocenters. The lowest BCUT2D eigenvalue weighted by Crippen LogP contribution is -1.90. The number of benzene rings is 4. The van der Waals surface area contributed by atoms with E-state index >= 15 is 0 Å². The fourth-order valence-electron chi connectivity index (χ4n) is 3.53. The lowest BCUT2D eigenvalue weighted by atomic mass is 9.96. The molecule has 5 aromatic rings. The van der Waals surface area contributed by atoms with Crippen LogP contribution in [0.25, 0.3) is 44.1 Å². The van der Waals surface area contributed by atoms with Gasteiger partial charge in [-0.1, -0.05) is 84.9 Å². The summed E-state index contributed by atoms with van der Waals surface area (Å²) in [5.41, 5.74) is 5.61. The summed E-state index contributed by atoms with van der Waals surface area (Å²) in [5, 5.41) is 3.65. The highest BCUT2D eigenvalue weighted by Gasteiger charge is 2.10. The van der Waals surface area contributed by atoms with Crippen LogP contribution < -0.4 is 0 Å². The molecule has 0 spiro atoms. The van der Waals surface area contributed by atoms with E-state index in [9.17, 15) is 0 Å². The van der Waals surface area contributed by atoms with Gasteiger partial charge in [0.05, 0.1) is 11.2 Å². The summed E-state index contributed by atoms with van der Waals surface area (Å²) in [6.45, 7) is 0. The van der Waals surface area contributed by atoms with Gasteiger partial charge in [0.1, 0.15) is 0 Å². The average molecular weight is 331 g/mol. The van der Waals surface area contributed by atoms with Crippen LogP contribution in [0.15, 0.2) is 103 Å². The van der Waals surface area contributed by atoms with E-state index in [1.807, 2.05) is 6.07 Å². The minimum absolute atomic E-state index is 1.01. The lowest BCUT2D eigenvalue weighted by molar-refractivity contribution is 1.40. The van der Waals surface area contributed by atoms with Gasteiger partial charge in [0, 0.05) is 10.9 Å². The second-order valence-corrected chi connectivity index (χ2v) is 6.50. The van der Waals surface area contributed by atoms with Gasteiger partial charge in [0.15, 0.2) is 0 Å². The van der Waals surface area contributed by atoms with Crippen molar-refractivity contribution in [1.82, 2.24) is 4.98 Å². The van der Waals surface area contributed by atoms with Gasteiger partial charge < -0.3 is 0 Å². The Morgan fingerprint density at radius 3 is 1.77 bits per heavy atom. The standard InChI is InChI=1S/C25H17N/c1-3-9-18(10-4-1)22-17-24(19-11-5-2-6-12-19)26-25-16-21-14-8-7-13-20(21)15-23(22)25/h1-17H. The van der Waals surface area contributed by atoms with Crippen molar-refractivity contribution in [3.05, 3.63) is 103 Å². The summed E-state index contributed by atoms with van der Waals surface area (Å²) in [6, 6.07) is 36.1. The molecule has 1 nitrogen and oxygen atoms in total. The number of aromatic nitrogens is 1. The molecule has 0 bridgehead atoms. The molecule has 0 unspecified atom stereocenters. The van der Waals surface area contributed by atoms with Gasteiger partial charge in [-0.05, 0) is 40.1 Å². The van der Waals surface area contributed by atoms with E-state index in [1.54, 1.807) is 0 Å². The van der Waals surface area contributed by atoms with E-state index in [-0.39, 0.29) is 0 Å². The van der Waals surface area contributed by atoms with Crippen LogP contribution in [0.1, 0.15) is 0 Å². The highest BCUT2D eigenvalue weighted by molar-refractivity contribution is 6.04. The Morgan fingerprint density at radius 1 is 0.500 bits per heavy atom. The van der Waals surface area contributed by atoms with Crippen LogP contribution in [-0.4, -0.2) is 4.98 Å². The SMILES string of the molecule is c1ccc(-c2cc(-c3ccccc3)c3cc4ccccc4cc3n2)cc1. The molecular weight excluding hydrogens is 314 g/mol. The van der Waals surface area contributed by atoms with E-state index in [0.29, 0.717) is 0 Å². The van der Waals surface area contributed by atoms with Crippen LogP contribution in [-0.2, 0) is 0 Å². The third-order valence-corrected chi connectivity index (χ3v) is 4.83. The maximum atomic E-state index is 4.98. The molecule has 1 heteroatoms. The zero-order valence-corrected chi connectivity index (χ0v) is 14.3. The molecule has 0 amide bonds. The second-order valence-electron chi connectivity index (χ2n) is 6.50. The van der Waals surface area contributed by atoms with Gasteiger partial charge >= 0.3 is 0 Å². The number of hydrogen-bond donors (Lipinski definition) is 0. The predicted octanol–water partition coefficient (Wildman–Crippen LogP) is 6.72. The number of rotatable bonds is 2. The number of nitrogens with zero attached hydrogens (tertiary/aromatic N) is 1. The summed E-state index contributed by atoms with van der Waals surface area (Å²) < 4.78 is 0. The first-order valence-electron chi connectivity index (χ1n) is 8.83. The van der Waals surface area contributed by atoms with E-state index in [2.05, 4.69) is 97.1 Å². The lowest BCUT2D eigenvalue weighted by Gasteiger charge is -2.12.